The molecule has 9 heteroatoms. The van der Waals surface area contributed by atoms with Gasteiger partial charge in [0.1, 0.15) is 29.8 Å². The van der Waals surface area contributed by atoms with Crippen LogP contribution in [0, 0.1) is 5.82 Å². The van der Waals surface area contributed by atoms with Gasteiger partial charge in [-0.1, -0.05) is 25.0 Å². The second-order valence-electron chi connectivity index (χ2n) is 8.65. The summed E-state index contributed by atoms with van der Waals surface area (Å²) in [5.74, 6) is 0.917. The Balaban J connectivity index is 1.53. The standard InChI is InChI=1S/C25H27FN4O4/c1-32-13-16-12-30(25(31)34-16)21-10-18-20(11-22(21)33-2)27-14-28-24(18)29-19-9-5-8-17(23(19)26)15-6-3-4-7-15/h5,8-11,14-16H,3-4,6-7,12-13H2,1-2H3,(H,27,28,29). The summed E-state index contributed by atoms with van der Waals surface area (Å²) in [6.45, 7) is 0.619. The number of carbonyl (C=O) groups is 1. The van der Waals surface area contributed by atoms with Crippen molar-refractivity contribution in [2.75, 3.05) is 37.6 Å². The highest BCUT2D eigenvalue weighted by Crippen LogP contribution is 2.39. The van der Waals surface area contributed by atoms with Gasteiger partial charge < -0.3 is 19.5 Å². The molecular formula is C25H27FN4O4. The lowest BCUT2D eigenvalue weighted by atomic mass is 9.96. The first-order valence-electron chi connectivity index (χ1n) is 11.4. The molecule has 0 spiro atoms. The minimum absolute atomic E-state index is 0.250. The van der Waals surface area contributed by atoms with Crippen molar-refractivity contribution >= 4 is 34.2 Å². The topological polar surface area (TPSA) is 85.8 Å². The quantitative estimate of drug-likeness (QED) is 0.515. The fourth-order valence-electron chi connectivity index (χ4n) is 4.86. The van der Waals surface area contributed by atoms with Crippen LogP contribution in [0.1, 0.15) is 37.2 Å². The summed E-state index contributed by atoms with van der Waals surface area (Å²) in [6.07, 6.45) is 4.84. The van der Waals surface area contributed by atoms with Crippen molar-refractivity contribution in [1.29, 1.82) is 0 Å². The minimum Gasteiger partial charge on any atom is -0.494 e. The summed E-state index contributed by atoms with van der Waals surface area (Å²) in [6, 6.07) is 8.95. The fourth-order valence-corrected chi connectivity index (χ4v) is 4.86. The number of hydrogen-bond donors (Lipinski definition) is 1. The third-order valence-corrected chi connectivity index (χ3v) is 6.53. The molecule has 1 aliphatic heterocycles. The highest BCUT2D eigenvalue weighted by atomic mass is 19.1. The Kier molecular flexibility index (Phi) is 6.19. The van der Waals surface area contributed by atoms with Crippen molar-refractivity contribution in [3.8, 4) is 5.75 Å². The monoisotopic (exact) mass is 466 g/mol. The summed E-state index contributed by atoms with van der Waals surface area (Å²) >= 11 is 0. The van der Waals surface area contributed by atoms with Gasteiger partial charge in [0.15, 0.2) is 0 Å². The van der Waals surface area contributed by atoms with Gasteiger partial charge >= 0.3 is 6.09 Å². The molecule has 1 unspecified atom stereocenters. The van der Waals surface area contributed by atoms with Gasteiger partial charge in [0.2, 0.25) is 0 Å². The first-order chi connectivity index (χ1) is 16.6. The summed E-state index contributed by atoms with van der Waals surface area (Å²) in [5.41, 5.74) is 2.23. The van der Waals surface area contributed by atoms with E-state index in [0.29, 0.717) is 47.0 Å². The smallest absolute Gasteiger partial charge is 0.414 e. The summed E-state index contributed by atoms with van der Waals surface area (Å²) in [5, 5.41) is 3.78. The zero-order valence-electron chi connectivity index (χ0n) is 19.2. The Morgan fingerprint density at radius 3 is 2.79 bits per heavy atom. The molecule has 2 aliphatic rings. The molecule has 2 aromatic carbocycles. The van der Waals surface area contributed by atoms with E-state index in [1.165, 1.54) is 18.3 Å². The average molecular weight is 467 g/mol. The Bertz CT molecular complexity index is 1210. The van der Waals surface area contributed by atoms with Crippen LogP contribution >= 0.6 is 0 Å². The Morgan fingerprint density at radius 2 is 2.03 bits per heavy atom. The van der Waals surface area contributed by atoms with Gasteiger partial charge in [-0.2, -0.15) is 0 Å². The van der Waals surface area contributed by atoms with Gasteiger partial charge in [0.25, 0.3) is 0 Å². The first kappa shape index (κ1) is 22.3. The van der Waals surface area contributed by atoms with E-state index in [-0.39, 0.29) is 17.8 Å². The van der Waals surface area contributed by atoms with Crippen LogP contribution in [0.15, 0.2) is 36.7 Å². The van der Waals surface area contributed by atoms with Gasteiger partial charge in [0.05, 0.1) is 37.2 Å². The molecule has 0 bridgehead atoms. The van der Waals surface area contributed by atoms with Crippen LogP contribution in [0.3, 0.4) is 0 Å². The molecule has 1 N–H and O–H groups in total. The number of hydrogen-bond acceptors (Lipinski definition) is 7. The zero-order chi connectivity index (χ0) is 23.7. The molecule has 178 valence electrons. The predicted molar refractivity (Wildman–Crippen MR) is 126 cm³/mol. The maximum atomic E-state index is 15.4. The van der Waals surface area contributed by atoms with E-state index in [0.717, 1.165) is 31.2 Å². The largest absolute Gasteiger partial charge is 0.494 e. The second-order valence-corrected chi connectivity index (χ2v) is 8.65. The van der Waals surface area contributed by atoms with E-state index >= 15 is 4.39 Å². The molecule has 2 fully saturated rings. The number of cyclic esters (lactones) is 1. The number of anilines is 3. The number of methoxy groups -OCH3 is 2. The third kappa shape index (κ3) is 4.11. The number of ether oxygens (including phenoxy) is 3. The molecule has 2 heterocycles. The molecule has 1 saturated heterocycles. The molecule has 0 radical (unpaired) electrons. The average Bonchev–Trinajstić information content (AvgIpc) is 3.50. The lowest BCUT2D eigenvalue weighted by molar-refractivity contribution is 0.0718. The number of rotatable bonds is 7. The lowest BCUT2D eigenvalue weighted by Gasteiger charge is -2.19. The van der Waals surface area contributed by atoms with Gasteiger partial charge in [-0.15, -0.1) is 0 Å². The molecular weight excluding hydrogens is 439 g/mol. The molecule has 34 heavy (non-hydrogen) atoms. The summed E-state index contributed by atoms with van der Waals surface area (Å²) in [4.78, 5) is 22.8. The van der Waals surface area contributed by atoms with E-state index in [4.69, 9.17) is 14.2 Å². The van der Waals surface area contributed by atoms with Crippen molar-refractivity contribution in [3.63, 3.8) is 0 Å². The first-order valence-corrected chi connectivity index (χ1v) is 11.4. The summed E-state index contributed by atoms with van der Waals surface area (Å²) < 4.78 is 31.5. The van der Waals surface area contributed by atoms with Crippen LogP contribution in [0.25, 0.3) is 10.9 Å². The highest BCUT2D eigenvalue weighted by Gasteiger charge is 2.34. The minimum atomic E-state index is -0.485. The van der Waals surface area contributed by atoms with Crippen LogP contribution < -0.4 is 15.0 Å². The summed E-state index contributed by atoms with van der Waals surface area (Å²) in [7, 11) is 3.09. The maximum absolute atomic E-state index is 15.4. The Morgan fingerprint density at radius 1 is 1.21 bits per heavy atom. The molecule has 1 saturated carbocycles. The molecule has 1 aliphatic carbocycles. The number of halogens is 1. The molecule has 1 aromatic heterocycles. The second kappa shape index (κ2) is 9.42. The number of aromatic nitrogens is 2. The number of amides is 1. The third-order valence-electron chi connectivity index (χ3n) is 6.53. The fraction of sp³-hybridized carbons (Fsp3) is 0.400. The van der Waals surface area contributed by atoms with Gasteiger partial charge in [-0.3, -0.25) is 4.90 Å². The van der Waals surface area contributed by atoms with Crippen LogP contribution in [-0.4, -0.2) is 49.5 Å². The molecule has 3 aromatic rings. The van der Waals surface area contributed by atoms with Crippen molar-refractivity contribution in [2.45, 2.75) is 37.7 Å². The van der Waals surface area contributed by atoms with Crippen LogP contribution in [0.5, 0.6) is 5.75 Å². The van der Waals surface area contributed by atoms with Gasteiger partial charge in [-0.05, 0) is 36.5 Å². The number of nitrogens with zero attached hydrogens (tertiary/aromatic N) is 3. The normalized spacial score (nSPS) is 18.5. The number of fused-ring (bicyclic) bond motifs is 1. The van der Waals surface area contributed by atoms with Crippen molar-refractivity contribution in [2.24, 2.45) is 0 Å². The number of benzene rings is 2. The number of carbonyl (C=O) groups excluding carboxylic acids is 1. The van der Waals surface area contributed by atoms with E-state index in [1.54, 1.807) is 25.3 Å². The van der Waals surface area contributed by atoms with E-state index in [2.05, 4.69) is 15.3 Å². The van der Waals surface area contributed by atoms with E-state index in [9.17, 15) is 4.79 Å². The maximum Gasteiger partial charge on any atom is 0.414 e. The molecule has 5 rings (SSSR count). The zero-order valence-corrected chi connectivity index (χ0v) is 19.2. The molecule has 1 amide bonds. The van der Waals surface area contributed by atoms with Crippen molar-refractivity contribution in [1.82, 2.24) is 9.97 Å². The highest BCUT2D eigenvalue weighted by molar-refractivity contribution is 5.99. The van der Waals surface area contributed by atoms with Gasteiger partial charge in [-0.25, -0.2) is 19.2 Å². The van der Waals surface area contributed by atoms with Crippen molar-refractivity contribution in [3.05, 3.63) is 48.0 Å². The predicted octanol–water partition coefficient (Wildman–Crippen LogP) is 5.15. The molecule has 1 atom stereocenters. The van der Waals surface area contributed by atoms with Crippen LogP contribution in [0.2, 0.25) is 0 Å². The van der Waals surface area contributed by atoms with Crippen LogP contribution in [-0.2, 0) is 9.47 Å². The Hall–Kier alpha value is -3.46. The van der Waals surface area contributed by atoms with Gasteiger partial charge in [0, 0.05) is 18.6 Å². The van der Waals surface area contributed by atoms with E-state index < -0.39 is 6.09 Å². The van der Waals surface area contributed by atoms with Crippen molar-refractivity contribution < 1.29 is 23.4 Å². The SMILES string of the molecule is COCC1CN(c2cc3c(Nc4cccc(C5CCCC5)c4F)ncnc3cc2OC)C(=O)O1. The Labute approximate surface area is 197 Å². The van der Waals surface area contributed by atoms with E-state index in [1.807, 2.05) is 12.1 Å². The molecule has 8 nitrogen and oxygen atoms in total. The lowest BCUT2D eigenvalue weighted by Crippen LogP contribution is -2.26. The number of nitrogens with one attached hydrogen (secondary N) is 1. The van der Waals surface area contributed by atoms with Crippen LogP contribution in [0.4, 0.5) is 26.4 Å².